The van der Waals surface area contributed by atoms with Crippen LogP contribution in [0, 0.1) is 16.7 Å². The second-order valence-corrected chi connectivity index (χ2v) is 11.8. The maximum Gasteiger partial charge on any atom is 0.124 e. The van der Waals surface area contributed by atoms with Gasteiger partial charge in [0.15, 0.2) is 0 Å². The highest BCUT2D eigenvalue weighted by atomic mass is 16.5. The molecule has 2 nitrogen and oxygen atoms in total. The second kappa shape index (κ2) is 7.35. The quantitative estimate of drug-likeness (QED) is 0.449. The standard InChI is InChI=1S/C30H35NO/c1-28-14-23-15-29(2,19-28)21-30(16-23,20-28)31-17-26-25-11-7-6-10-24(25)12-13-27(26)32-18-22-8-4-3-5-9-22/h3-13,23,31H,14-21H2,1-2H3. The van der Waals surface area contributed by atoms with Crippen molar-refractivity contribution in [3.8, 4) is 5.75 Å². The van der Waals surface area contributed by atoms with E-state index in [1.807, 2.05) is 0 Å². The summed E-state index contributed by atoms with van der Waals surface area (Å²) in [5.41, 5.74) is 3.85. The van der Waals surface area contributed by atoms with Crippen molar-refractivity contribution in [2.45, 2.75) is 71.1 Å². The van der Waals surface area contributed by atoms with E-state index >= 15 is 0 Å². The van der Waals surface area contributed by atoms with E-state index in [0.717, 1.165) is 18.2 Å². The molecule has 166 valence electrons. The third-order valence-electron chi connectivity index (χ3n) is 8.50. The van der Waals surface area contributed by atoms with Crippen LogP contribution in [0.15, 0.2) is 66.7 Å². The summed E-state index contributed by atoms with van der Waals surface area (Å²) >= 11 is 0. The average molecular weight is 426 g/mol. The zero-order valence-corrected chi connectivity index (χ0v) is 19.5. The maximum atomic E-state index is 6.40. The fraction of sp³-hybridized carbons (Fsp3) is 0.467. The molecule has 7 rings (SSSR count). The summed E-state index contributed by atoms with van der Waals surface area (Å²) < 4.78 is 6.40. The van der Waals surface area contributed by atoms with Gasteiger partial charge in [-0.1, -0.05) is 74.5 Å². The van der Waals surface area contributed by atoms with E-state index in [1.165, 1.54) is 60.4 Å². The van der Waals surface area contributed by atoms with Gasteiger partial charge in [0.25, 0.3) is 0 Å². The molecule has 3 aromatic rings. The fourth-order valence-corrected chi connectivity index (χ4v) is 8.29. The van der Waals surface area contributed by atoms with E-state index in [1.54, 1.807) is 0 Å². The van der Waals surface area contributed by atoms with Gasteiger partial charge in [0, 0.05) is 17.6 Å². The number of fused-ring (bicyclic) bond motifs is 1. The van der Waals surface area contributed by atoms with Gasteiger partial charge in [-0.05, 0) is 77.7 Å². The summed E-state index contributed by atoms with van der Waals surface area (Å²) in [6, 6.07) is 23.6. The minimum atomic E-state index is 0.288. The van der Waals surface area contributed by atoms with Gasteiger partial charge in [0.1, 0.15) is 12.4 Å². The predicted molar refractivity (Wildman–Crippen MR) is 132 cm³/mol. The van der Waals surface area contributed by atoms with Crippen molar-refractivity contribution >= 4 is 10.8 Å². The van der Waals surface area contributed by atoms with Crippen molar-refractivity contribution in [3.63, 3.8) is 0 Å². The first-order chi connectivity index (χ1) is 15.4. The molecule has 1 N–H and O–H groups in total. The molecule has 0 heterocycles. The van der Waals surface area contributed by atoms with E-state index in [-0.39, 0.29) is 5.54 Å². The van der Waals surface area contributed by atoms with Crippen LogP contribution in [-0.2, 0) is 13.2 Å². The first kappa shape index (κ1) is 20.3. The third-order valence-corrected chi connectivity index (χ3v) is 8.50. The summed E-state index contributed by atoms with van der Waals surface area (Å²) in [6.07, 6.45) is 8.30. The van der Waals surface area contributed by atoms with Gasteiger partial charge in [-0.2, -0.15) is 0 Å². The number of rotatable bonds is 6. The third kappa shape index (κ3) is 3.63. The van der Waals surface area contributed by atoms with Crippen molar-refractivity contribution < 1.29 is 4.74 Å². The Labute approximate surface area is 192 Å². The molecule has 4 aliphatic rings. The Morgan fingerprint density at radius 1 is 0.812 bits per heavy atom. The lowest BCUT2D eigenvalue weighted by Crippen LogP contribution is -2.63. The predicted octanol–water partition coefficient (Wildman–Crippen LogP) is 7.26. The Kier molecular flexibility index (Phi) is 4.66. The zero-order chi connectivity index (χ0) is 21.8. The van der Waals surface area contributed by atoms with Crippen molar-refractivity contribution in [2.75, 3.05) is 0 Å². The molecule has 0 amide bonds. The number of hydrogen-bond acceptors (Lipinski definition) is 2. The SMILES string of the molecule is CC12CC3CC(C)(C1)CC(NCc1c(OCc4ccccc4)ccc4ccccc14)(C3)C2. The Balaban J connectivity index is 1.30. The van der Waals surface area contributed by atoms with Crippen molar-refractivity contribution in [3.05, 3.63) is 77.9 Å². The van der Waals surface area contributed by atoms with Crippen molar-refractivity contribution in [1.82, 2.24) is 5.32 Å². The summed E-state index contributed by atoms with van der Waals surface area (Å²) in [4.78, 5) is 0. The molecular formula is C30H35NO. The lowest BCUT2D eigenvalue weighted by Gasteiger charge is -2.65. The normalized spacial score (nSPS) is 33.0. The molecule has 0 aliphatic heterocycles. The molecule has 0 radical (unpaired) electrons. The molecule has 0 aromatic heterocycles. The molecule has 4 bridgehead atoms. The summed E-state index contributed by atoms with van der Waals surface area (Å²) in [5, 5.41) is 6.75. The molecule has 2 atom stereocenters. The van der Waals surface area contributed by atoms with Crippen LogP contribution in [0.4, 0.5) is 0 Å². The lowest BCUT2D eigenvalue weighted by atomic mass is 9.43. The highest BCUT2D eigenvalue weighted by Gasteiger charge is 2.59. The van der Waals surface area contributed by atoms with Gasteiger partial charge in [-0.3, -0.25) is 0 Å². The number of ether oxygens (including phenoxy) is 1. The van der Waals surface area contributed by atoms with Crippen LogP contribution < -0.4 is 10.1 Å². The lowest BCUT2D eigenvalue weighted by molar-refractivity contribution is -0.118. The van der Waals surface area contributed by atoms with Crippen molar-refractivity contribution in [2.24, 2.45) is 16.7 Å². The fourth-order valence-electron chi connectivity index (χ4n) is 8.29. The van der Waals surface area contributed by atoms with E-state index in [2.05, 4.69) is 85.9 Å². The Bertz CT molecular complexity index is 1120. The number of nitrogens with one attached hydrogen (secondary N) is 1. The van der Waals surface area contributed by atoms with Crippen LogP contribution >= 0.6 is 0 Å². The minimum Gasteiger partial charge on any atom is -0.489 e. The molecule has 4 saturated carbocycles. The van der Waals surface area contributed by atoms with Crippen LogP contribution in [0.3, 0.4) is 0 Å². The molecule has 0 saturated heterocycles. The maximum absolute atomic E-state index is 6.40. The Morgan fingerprint density at radius 2 is 1.53 bits per heavy atom. The van der Waals surface area contributed by atoms with Gasteiger partial charge in [-0.15, -0.1) is 0 Å². The molecular weight excluding hydrogens is 390 g/mol. The van der Waals surface area contributed by atoms with Crippen molar-refractivity contribution in [1.29, 1.82) is 0 Å². The molecule has 3 aromatic carbocycles. The molecule has 32 heavy (non-hydrogen) atoms. The first-order valence-electron chi connectivity index (χ1n) is 12.4. The van der Waals surface area contributed by atoms with Gasteiger partial charge in [-0.25, -0.2) is 0 Å². The minimum absolute atomic E-state index is 0.288. The van der Waals surface area contributed by atoms with E-state index in [4.69, 9.17) is 4.74 Å². The molecule has 4 aliphatic carbocycles. The topological polar surface area (TPSA) is 21.3 Å². The first-order valence-corrected chi connectivity index (χ1v) is 12.4. The molecule has 4 fully saturated rings. The van der Waals surface area contributed by atoms with E-state index in [9.17, 15) is 0 Å². The van der Waals surface area contributed by atoms with Crippen LogP contribution in [-0.4, -0.2) is 5.54 Å². The van der Waals surface area contributed by atoms with Crippen LogP contribution in [0.2, 0.25) is 0 Å². The van der Waals surface area contributed by atoms with Crippen LogP contribution in [0.5, 0.6) is 5.75 Å². The van der Waals surface area contributed by atoms with Gasteiger partial charge in [0.2, 0.25) is 0 Å². The number of hydrogen-bond donors (Lipinski definition) is 1. The van der Waals surface area contributed by atoms with Crippen LogP contribution in [0.1, 0.15) is 63.5 Å². The van der Waals surface area contributed by atoms with Gasteiger partial charge in [0.05, 0.1) is 0 Å². The number of benzene rings is 3. The smallest absolute Gasteiger partial charge is 0.124 e. The highest BCUT2D eigenvalue weighted by molar-refractivity contribution is 5.87. The largest absolute Gasteiger partial charge is 0.489 e. The summed E-state index contributed by atoms with van der Waals surface area (Å²) in [7, 11) is 0. The Hall–Kier alpha value is -2.32. The Morgan fingerprint density at radius 3 is 2.28 bits per heavy atom. The molecule has 0 spiro atoms. The summed E-state index contributed by atoms with van der Waals surface area (Å²) in [6.45, 7) is 6.59. The summed E-state index contributed by atoms with van der Waals surface area (Å²) in [5.74, 6) is 1.91. The highest BCUT2D eigenvalue weighted by Crippen LogP contribution is 2.66. The van der Waals surface area contributed by atoms with Gasteiger partial charge < -0.3 is 10.1 Å². The van der Waals surface area contributed by atoms with E-state index in [0.29, 0.717) is 17.4 Å². The second-order valence-electron chi connectivity index (χ2n) is 11.8. The van der Waals surface area contributed by atoms with Crippen LogP contribution in [0.25, 0.3) is 10.8 Å². The molecule has 2 unspecified atom stereocenters. The monoisotopic (exact) mass is 425 g/mol. The van der Waals surface area contributed by atoms with E-state index < -0.39 is 0 Å². The zero-order valence-electron chi connectivity index (χ0n) is 19.5. The average Bonchev–Trinajstić information content (AvgIpc) is 2.74. The van der Waals surface area contributed by atoms with Gasteiger partial charge >= 0.3 is 0 Å². The molecule has 2 heteroatoms.